The number of hydrogen-bond acceptors (Lipinski definition) is 3. The molecule has 0 atom stereocenters. The third kappa shape index (κ3) is 4.10. The molecule has 6 heteroatoms. The van der Waals surface area contributed by atoms with E-state index in [0.717, 1.165) is 37.6 Å². The average Bonchev–Trinajstić information content (AvgIpc) is 2.46. The second-order valence-corrected chi connectivity index (χ2v) is 7.01. The number of carbonyl (C=O) groups is 1. The number of carbonyl (C=O) groups excluding carboxylic acids is 1. The lowest BCUT2D eigenvalue weighted by atomic mass is 9.94. The van der Waals surface area contributed by atoms with E-state index in [1.165, 1.54) is 0 Å². The van der Waals surface area contributed by atoms with Gasteiger partial charge < -0.3 is 20.9 Å². The zero-order valence-corrected chi connectivity index (χ0v) is 14.2. The van der Waals surface area contributed by atoms with Crippen molar-refractivity contribution in [2.75, 3.05) is 36.4 Å². The van der Waals surface area contributed by atoms with Gasteiger partial charge in [0.1, 0.15) is 0 Å². The summed E-state index contributed by atoms with van der Waals surface area (Å²) in [6.07, 6.45) is 0. The third-order valence-corrected chi connectivity index (χ3v) is 3.81. The summed E-state index contributed by atoms with van der Waals surface area (Å²) in [4.78, 5) is 16.5. The highest BCUT2D eigenvalue weighted by Gasteiger charge is 2.29. The van der Waals surface area contributed by atoms with Gasteiger partial charge in [-0.25, -0.2) is 0 Å². The van der Waals surface area contributed by atoms with E-state index in [-0.39, 0.29) is 16.4 Å². The molecule has 1 aliphatic rings. The molecular formula is C16H24N4OS. The van der Waals surface area contributed by atoms with Gasteiger partial charge in [0.15, 0.2) is 5.11 Å². The van der Waals surface area contributed by atoms with E-state index >= 15 is 0 Å². The number of anilines is 2. The number of nitrogens with one attached hydrogen (secondary N) is 1. The number of piperazine rings is 1. The van der Waals surface area contributed by atoms with Gasteiger partial charge in [0.05, 0.1) is 0 Å². The number of nitrogens with two attached hydrogens (primary N) is 1. The minimum absolute atomic E-state index is 0.225. The van der Waals surface area contributed by atoms with Gasteiger partial charge in [0.2, 0.25) is 5.91 Å². The molecule has 1 heterocycles. The Labute approximate surface area is 137 Å². The van der Waals surface area contributed by atoms with Crippen LogP contribution in [-0.4, -0.2) is 42.1 Å². The first-order valence-electron chi connectivity index (χ1n) is 7.48. The summed E-state index contributed by atoms with van der Waals surface area (Å²) in [6, 6.07) is 8.01. The molecule has 1 aliphatic heterocycles. The van der Waals surface area contributed by atoms with Crippen LogP contribution >= 0.6 is 12.2 Å². The van der Waals surface area contributed by atoms with Crippen LogP contribution in [0.4, 0.5) is 11.4 Å². The quantitative estimate of drug-likeness (QED) is 0.817. The normalized spacial score (nSPS) is 15.6. The Morgan fingerprint density at radius 1 is 1.14 bits per heavy atom. The van der Waals surface area contributed by atoms with Crippen LogP contribution in [0.5, 0.6) is 0 Å². The molecule has 0 aliphatic carbocycles. The van der Waals surface area contributed by atoms with E-state index in [9.17, 15) is 4.79 Å². The third-order valence-electron chi connectivity index (χ3n) is 3.71. The molecule has 0 radical (unpaired) electrons. The maximum absolute atomic E-state index is 12.3. The lowest BCUT2D eigenvalue weighted by Crippen LogP contribution is -2.51. The number of thiocarbonyl (C=S) groups is 1. The van der Waals surface area contributed by atoms with Crippen molar-refractivity contribution in [1.82, 2.24) is 4.90 Å². The minimum atomic E-state index is -0.309. The van der Waals surface area contributed by atoms with Gasteiger partial charge in [-0.05, 0) is 36.5 Å². The van der Waals surface area contributed by atoms with Crippen LogP contribution in [0.15, 0.2) is 24.3 Å². The van der Waals surface area contributed by atoms with Gasteiger partial charge in [-0.15, -0.1) is 0 Å². The summed E-state index contributed by atoms with van der Waals surface area (Å²) in [5.74, 6) is 0.225. The molecule has 0 bridgehead atoms. The smallest absolute Gasteiger partial charge is 0.228 e. The maximum Gasteiger partial charge on any atom is 0.228 e. The van der Waals surface area contributed by atoms with Crippen molar-refractivity contribution in [3.8, 4) is 0 Å². The molecule has 22 heavy (non-hydrogen) atoms. The Balaban J connectivity index is 1.94. The van der Waals surface area contributed by atoms with Gasteiger partial charge in [-0.3, -0.25) is 4.79 Å². The molecule has 0 unspecified atom stereocenters. The summed E-state index contributed by atoms with van der Waals surface area (Å²) in [5.41, 5.74) is 7.18. The first kappa shape index (κ1) is 16.5. The Kier molecular flexibility index (Phi) is 4.90. The zero-order chi connectivity index (χ0) is 16.3. The van der Waals surface area contributed by atoms with Crippen LogP contribution in [0.2, 0.25) is 0 Å². The van der Waals surface area contributed by atoms with Crippen LogP contribution < -0.4 is 16.0 Å². The predicted molar refractivity (Wildman–Crippen MR) is 95.1 cm³/mol. The van der Waals surface area contributed by atoms with Crippen molar-refractivity contribution >= 4 is 34.6 Å². The van der Waals surface area contributed by atoms with Crippen LogP contribution in [0.3, 0.4) is 0 Å². The Hall–Kier alpha value is -1.82. The Morgan fingerprint density at radius 3 is 2.14 bits per heavy atom. The number of rotatable bonds is 2. The highest BCUT2D eigenvalue weighted by molar-refractivity contribution is 7.80. The topological polar surface area (TPSA) is 61.6 Å². The van der Waals surface area contributed by atoms with Gasteiger partial charge in [0, 0.05) is 43.0 Å². The van der Waals surface area contributed by atoms with Crippen molar-refractivity contribution in [3.05, 3.63) is 24.3 Å². The minimum Gasteiger partial charge on any atom is -0.376 e. The van der Waals surface area contributed by atoms with Crippen LogP contribution in [0.1, 0.15) is 20.8 Å². The van der Waals surface area contributed by atoms with E-state index in [0.29, 0.717) is 0 Å². The fraction of sp³-hybridized carbons (Fsp3) is 0.500. The average molecular weight is 320 g/mol. The second kappa shape index (κ2) is 6.52. The lowest BCUT2D eigenvalue weighted by Gasteiger charge is -2.38. The lowest BCUT2D eigenvalue weighted by molar-refractivity contribution is -0.139. The predicted octanol–water partition coefficient (Wildman–Crippen LogP) is 2.04. The molecule has 1 aromatic carbocycles. The van der Waals surface area contributed by atoms with Crippen molar-refractivity contribution in [2.45, 2.75) is 20.8 Å². The van der Waals surface area contributed by atoms with E-state index in [1.54, 1.807) is 0 Å². The fourth-order valence-electron chi connectivity index (χ4n) is 2.54. The first-order chi connectivity index (χ1) is 10.3. The number of benzene rings is 1. The summed E-state index contributed by atoms with van der Waals surface area (Å²) < 4.78 is 0. The van der Waals surface area contributed by atoms with Crippen molar-refractivity contribution in [2.24, 2.45) is 11.1 Å². The van der Waals surface area contributed by atoms with Crippen molar-refractivity contribution in [3.63, 3.8) is 0 Å². The summed E-state index contributed by atoms with van der Waals surface area (Å²) in [7, 11) is 0. The molecule has 3 N–H and O–H groups in total. The standard InChI is InChI=1S/C16H24N4OS/c1-16(2,3)14(21)20-10-8-19(9-11-20)13-6-4-12(5-7-13)18-15(17)22/h4-7H,8-11H2,1-3H3,(H3,17,18,22). The monoisotopic (exact) mass is 320 g/mol. The second-order valence-electron chi connectivity index (χ2n) is 6.57. The van der Waals surface area contributed by atoms with Gasteiger partial charge >= 0.3 is 0 Å². The van der Waals surface area contributed by atoms with Crippen molar-refractivity contribution < 1.29 is 4.79 Å². The van der Waals surface area contributed by atoms with Crippen LogP contribution in [-0.2, 0) is 4.79 Å². The summed E-state index contributed by atoms with van der Waals surface area (Å²) in [5, 5.41) is 3.18. The molecule has 2 rings (SSSR count). The molecule has 120 valence electrons. The Morgan fingerprint density at radius 2 is 1.68 bits per heavy atom. The molecule has 0 spiro atoms. The molecule has 1 saturated heterocycles. The molecule has 1 aromatic rings. The van der Waals surface area contributed by atoms with Crippen LogP contribution in [0, 0.1) is 5.41 Å². The van der Waals surface area contributed by atoms with Crippen LogP contribution in [0.25, 0.3) is 0 Å². The molecule has 1 fully saturated rings. The van der Waals surface area contributed by atoms with E-state index in [2.05, 4.69) is 10.2 Å². The fourth-order valence-corrected chi connectivity index (χ4v) is 2.66. The van der Waals surface area contributed by atoms with Gasteiger partial charge in [-0.1, -0.05) is 20.8 Å². The number of hydrogen-bond donors (Lipinski definition) is 2. The highest BCUT2D eigenvalue weighted by Crippen LogP contribution is 2.22. The molecule has 5 nitrogen and oxygen atoms in total. The molecular weight excluding hydrogens is 296 g/mol. The molecule has 0 aromatic heterocycles. The van der Waals surface area contributed by atoms with E-state index in [1.807, 2.05) is 49.9 Å². The van der Waals surface area contributed by atoms with Crippen molar-refractivity contribution in [1.29, 1.82) is 0 Å². The maximum atomic E-state index is 12.3. The van der Waals surface area contributed by atoms with Gasteiger partial charge in [-0.2, -0.15) is 0 Å². The summed E-state index contributed by atoms with van der Waals surface area (Å²) >= 11 is 4.82. The molecule has 1 amide bonds. The van der Waals surface area contributed by atoms with Gasteiger partial charge in [0.25, 0.3) is 0 Å². The van der Waals surface area contributed by atoms with E-state index < -0.39 is 0 Å². The first-order valence-corrected chi connectivity index (χ1v) is 7.89. The molecule has 0 saturated carbocycles. The number of nitrogens with zero attached hydrogens (tertiary/aromatic N) is 2. The number of amides is 1. The summed E-state index contributed by atoms with van der Waals surface area (Å²) in [6.45, 7) is 9.14. The zero-order valence-electron chi connectivity index (χ0n) is 13.4. The largest absolute Gasteiger partial charge is 0.376 e. The SMILES string of the molecule is CC(C)(C)C(=O)N1CCN(c2ccc(NC(N)=S)cc2)CC1. The Bertz CT molecular complexity index is 542. The highest BCUT2D eigenvalue weighted by atomic mass is 32.1. The van der Waals surface area contributed by atoms with E-state index in [4.69, 9.17) is 18.0 Å².